The van der Waals surface area contributed by atoms with Gasteiger partial charge in [0, 0.05) is 12.3 Å². The number of ketones is 1. The maximum Gasteiger partial charge on any atom is 0.135 e. The summed E-state index contributed by atoms with van der Waals surface area (Å²) >= 11 is 0. The van der Waals surface area contributed by atoms with Gasteiger partial charge in [0.1, 0.15) is 5.78 Å². The number of carbonyl (C=O) groups excluding carboxylic acids is 1. The van der Waals surface area contributed by atoms with E-state index in [2.05, 4.69) is 84.0 Å². The molecule has 2 aromatic carbocycles. The van der Waals surface area contributed by atoms with Gasteiger partial charge >= 0.3 is 0 Å². The summed E-state index contributed by atoms with van der Waals surface area (Å²) in [4.78, 5) is 11.3. The fourth-order valence-electron chi connectivity index (χ4n) is 2.72. The normalized spacial score (nSPS) is 11.6. The van der Waals surface area contributed by atoms with Crippen molar-refractivity contribution in [3.05, 3.63) is 48.0 Å². The van der Waals surface area contributed by atoms with Gasteiger partial charge in [-0.3, -0.25) is 4.79 Å². The first-order chi connectivity index (χ1) is 13.4. The van der Waals surface area contributed by atoms with Crippen molar-refractivity contribution in [2.24, 2.45) is 11.8 Å². The Labute approximate surface area is 175 Å². The summed E-state index contributed by atoms with van der Waals surface area (Å²) in [6.07, 6.45) is 5.63. The predicted octanol–water partition coefficient (Wildman–Crippen LogP) is 9.02. The van der Waals surface area contributed by atoms with Gasteiger partial charge in [0.05, 0.1) is 0 Å². The molecule has 0 N–H and O–H groups in total. The lowest BCUT2D eigenvalue weighted by atomic mass is 9.87. The molecule has 0 amide bonds. The van der Waals surface area contributed by atoms with E-state index < -0.39 is 0 Å². The van der Waals surface area contributed by atoms with Gasteiger partial charge in [-0.15, -0.1) is 0 Å². The molecule has 2 unspecified atom stereocenters. The van der Waals surface area contributed by atoms with Crippen LogP contribution in [0.5, 0.6) is 0 Å². The molecule has 2 atom stereocenters. The Kier molecular flexibility index (Phi) is 19.1. The number of hydrogen-bond donors (Lipinski definition) is 0. The molecule has 1 nitrogen and oxygen atoms in total. The first-order valence-corrected chi connectivity index (χ1v) is 11.4. The molecule has 0 fully saturated rings. The Morgan fingerprint density at radius 1 is 0.893 bits per heavy atom. The van der Waals surface area contributed by atoms with Gasteiger partial charge in [-0.25, -0.2) is 0 Å². The molecule has 0 aromatic heterocycles. The van der Waals surface area contributed by atoms with E-state index in [4.69, 9.17) is 0 Å². The summed E-state index contributed by atoms with van der Waals surface area (Å²) in [5, 5.41) is 2.64. The Bertz CT molecular complexity index is 614. The molecule has 0 aliphatic carbocycles. The fraction of sp³-hybridized carbons (Fsp3) is 0.593. The van der Waals surface area contributed by atoms with Crippen LogP contribution in [0.25, 0.3) is 10.8 Å². The number of aryl methyl sites for hydroxylation is 1. The molecule has 0 saturated carbocycles. The zero-order valence-electron chi connectivity index (χ0n) is 20.1. The number of carbonyl (C=O) groups is 1. The minimum atomic E-state index is 0.265. The lowest BCUT2D eigenvalue weighted by Gasteiger charge is -2.17. The number of hydrogen-bond acceptors (Lipinski definition) is 1. The van der Waals surface area contributed by atoms with Crippen LogP contribution in [0.3, 0.4) is 0 Å². The molecule has 28 heavy (non-hydrogen) atoms. The van der Waals surface area contributed by atoms with E-state index >= 15 is 0 Å². The van der Waals surface area contributed by atoms with Crippen LogP contribution in [0.2, 0.25) is 0 Å². The lowest BCUT2D eigenvalue weighted by molar-refractivity contribution is -0.123. The zero-order chi connectivity index (χ0) is 21.9. The van der Waals surface area contributed by atoms with Crippen molar-refractivity contribution >= 4 is 16.6 Å². The van der Waals surface area contributed by atoms with E-state index in [1.165, 1.54) is 42.0 Å². The predicted molar refractivity (Wildman–Crippen MR) is 129 cm³/mol. The van der Waals surface area contributed by atoms with Crippen LogP contribution in [-0.2, 0) is 4.79 Å². The third-order valence-electron chi connectivity index (χ3n) is 4.63. The fourth-order valence-corrected chi connectivity index (χ4v) is 2.72. The number of fused-ring (bicyclic) bond motifs is 1. The second kappa shape index (κ2) is 18.7. The van der Waals surface area contributed by atoms with E-state index in [9.17, 15) is 4.79 Å². The van der Waals surface area contributed by atoms with Crippen LogP contribution in [-0.4, -0.2) is 5.78 Å². The monoisotopic (exact) mass is 386 g/mol. The minimum Gasteiger partial charge on any atom is -0.299 e. The maximum atomic E-state index is 11.3. The van der Waals surface area contributed by atoms with Gasteiger partial charge in [-0.05, 0) is 23.6 Å². The van der Waals surface area contributed by atoms with Gasteiger partial charge in [0.2, 0.25) is 0 Å². The van der Waals surface area contributed by atoms with Crippen LogP contribution in [0.1, 0.15) is 93.1 Å². The molecule has 0 bridgehead atoms. The molecule has 0 radical (unpaired) electrons. The Morgan fingerprint density at radius 2 is 1.43 bits per heavy atom. The topological polar surface area (TPSA) is 17.1 Å². The minimum absolute atomic E-state index is 0.265. The lowest BCUT2D eigenvalue weighted by Crippen LogP contribution is -2.17. The number of rotatable bonds is 6. The van der Waals surface area contributed by atoms with E-state index in [1.807, 2.05) is 20.8 Å². The van der Waals surface area contributed by atoms with Crippen LogP contribution in [0.4, 0.5) is 0 Å². The maximum absolute atomic E-state index is 11.3. The zero-order valence-corrected chi connectivity index (χ0v) is 20.1. The molecule has 0 aliphatic rings. The van der Waals surface area contributed by atoms with Gasteiger partial charge < -0.3 is 0 Å². The molecule has 2 rings (SSSR count). The Balaban J connectivity index is 0. The summed E-state index contributed by atoms with van der Waals surface area (Å²) < 4.78 is 0. The highest BCUT2D eigenvalue weighted by atomic mass is 16.1. The van der Waals surface area contributed by atoms with Crippen molar-refractivity contribution in [2.45, 2.75) is 94.4 Å². The standard InChI is InChI=1S/C11H22O.C11H10.C3H8.C2H6/c1-5-7-8-9(3)10(4)11(12)6-2;1-9-6-7-10-4-2-3-5-11(10)8-9;1-3-2;1-2/h9-10H,5-8H2,1-4H3;2-8H,1H3;3H2,1-2H3;1-2H3. The van der Waals surface area contributed by atoms with Gasteiger partial charge in [0.25, 0.3) is 0 Å². The second-order valence-corrected chi connectivity index (χ2v) is 7.29. The summed E-state index contributed by atoms with van der Waals surface area (Å²) in [5.41, 5.74) is 1.32. The van der Waals surface area contributed by atoms with Crippen molar-refractivity contribution in [1.82, 2.24) is 0 Å². The van der Waals surface area contributed by atoms with E-state index in [0.29, 0.717) is 18.1 Å². The number of unbranched alkanes of at least 4 members (excludes halogenated alkanes) is 1. The Hall–Kier alpha value is -1.63. The third-order valence-corrected chi connectivity index (χ3v) is 4.63. The van der Waals surface area contributed by atoms with E-state index in [0.717, 1.165) is 0 Å². The highest BCUT2D eigenvalue weighted by molar-refractivity contribution is 5.82. The molecule has 160 valence electrons. The largest absolute Gasteiger partial charge is 0.299 e. The van der Waals surface area contributed by atoms with Crippen LogP contribution in [0, 0.1) is 18.8 Å². The van der Waals surface area contributed by atoms with E-state index in [-0.39, 0.29) is 5.92 Å². The first-order valence-electron chi connectivity index (χ1n) is 11.4. The summed E-state index contributed by atoms with van der Waals surface area (Å²) in [6.45, 7) is 18.8. The molecule has 0 heterocycles. The molecular weight excluding hydrogens is 340 g/mol. The average molecular weight is 387 g/mol. The molecule has 2 aromatic rings. The molecule has 0 saturated heterocycles. The second-order valence-electron chi connectivity index (χ2n) is 7.29. The average Bonchev–Trinajstić information content (AvgIpc) is 2.73. The van der Waals surface area contributed by atoms with E-state index in [1.54, 1.807) is 0 Å². The molecule has 0 aliphatic heterocycles. The summed E-state index contributed by atoms with van der Waals surface area (Å²) in [5.74, 6) is 1.25. The summed E-state index contributed by atoms with van der Waals surface area (Å²) in [6, 6.07) is 14.9. The van der Waals surface area contributed by atoms with Gasteiger partial charge in [-0.1, -0.05) is 129 Å². The van der Waals surface area contributed by atoms with Crippen LogP contribution < -0.4 is 0 Å². The molecule has 1 heteroatoms. The highest BCUT2D eigenvalue weighted by Crippen LogP contribution is 2.19. The van der Waals surface area contributed by atoms with Gasteiger partial charge in [0.15, 0.2) is 0 Å². The van der Waals surface area contributed by atoms with Crippen molar-refractivity contribution in [3.8, 4) is 0 Å². The van der Waals surface area contributed by atoms with Crippen molar-refractivity contribution in [3.63, 3.8) is 0 Å². The summed E-state index contributed by atoms with van der Waals surface area (Å²) in [7, 11) is 0. The Morgan fingerprint density at radius 3 is 1.93 bits per heavy atom. The first kappa shape index (κ1) is 28.6. The highest BCUT2D eigenvalue weighted by Gasteiger charge is 2.17. The third kappa shape index (κ3) is 12.7. The van der Waals surface area contributed by atoms with Crippen molar-refractivity contribution in [1.29, 1.82) is 0 Å². The molecule has 0 spiro atoms. The number of benzene rings is 2. The van der Waals surface area contributed by atoms with Crippen molar-refractivity contribution in [2.75, 3.05) is 0 Å². The smallest absolute Gasteiger partial charge is 0.135 e. The number of Topliss-reactive ketones (excluding diaryl/α,β-unsaturated/α-hetero) is 1. The van der Waals surface area contributed by atoms with Crippen LogP contribution >= 0.6 is 0 Å². The SMILES string of the molecule is CC.CCC.CCCCC(C)C(C)C(=O)CC.Cc1ccc2ccccc2c1. The van der Waals surface area contributed by atoms with Gasteiger partial charge in [-0.2, -0.15) is 0 Å². The van der Waals surface area contributed by atoms with Crippen molar-refractivity contribution < 1.29 is 4.79 Å². The molecular formula is C27H46O. The van der Waals surface area contributed by atoms with Crippen LogP contribution in [0.15, 0.2) is 42.5 Å². The quantitative estimate of drug-likeness (QED) is 0.484.